The molecule has 1 amide bonds. The largest absolute Gasteiger partial charge is 0.477 e. The van der Waals surface area contributed by atoms with Crippen LogP contribution in [0.5, 0.6) is 0 Å². The number of hydrogen-bond acceptors (Lipinski definition) is 7. The van der Waals surface area contributed by atoms with Crippen molar-refractivity contribution in [1.29, 1.82) is 0 Å². The van der Waals surface area contributed by atoms with Crippen LogP contribution >= 0.6 is 23.5 Å². The van der Waals surface area contributed by atoms with Gasteiger partial charge in [0.25, 0.3) is 0 Å². The van der Waals surface area contributed by atoms with Gasteiger partial charge in [0.2, 0.25) is 11.1 Å². The Hall–Kier alpha value is -1.55. The summed E-state index contributed by atoms with van der Waals surface area (Å²) in [6, 6.07) is 0. The number of nitrogens with zero attached hydrogens (tertiary/aromatic N) is 5. The van der Waals surface area contributed by atoms with Crippen LogP contribution in [0.2, 0.25) is 0 Å². The van der Waals surface area contributed by atoms with E-state index in [0.29, 0.717) is 22.2 Å². The van der Waals surface area contributed by atoms with Crippen LogP contribution in [-0.4, -0.2) is 53.2 Å². The molecule has 2 aliphatic heterocycles. The average molecular weight is 299 g/mol. The first-order chi connectivity index (χ1) is 9.08. The van der Waals surface area contributed by atoms with Crippen molar-refractivity contribution in [3.05, 3.63) is 10.6 Å². The van der Waals surface area contributed by atoms with Gasteiger partial charge in [-0.05, 0) is 22.2 Å². The number of aliphatic carboxylic acids is 1. The Labute approximate surface area is 116 Å². The van der Waals surface area contributed by atoms with Gasteiger partial charge in [-0.15, -0.1) is 16.9 Å². The van der Waals surface area contributed by atoms with Crippen LogP contribution < -0.4 is 0 Å². The van der Waals surface area contributed by atoms with E-state index >= 15 is 0 Å². The molecular weight excluding hydrogens is 290 g/mol. The maximum atomic E-state index is 11.6. The highest BCUT2D eigenvalue weighted by Crippen LogP contribution is 2.44. The van der Waals surface area contributed by atoms with Crippen molar-refractivity contribution in [2.45, 2.75) is 17.0 Å². The normalized spacial score (nSPS) is 22.3. The van der Waals surface area contributed by atoms with E-state index in [1.165, 1.54) is 21.3 Å². The molecule has 0 saturated carbocycles. The molecule has 0 spiro atoms. The lowest BCUT2D eigenvalue weighted by atomic mass is 10.1. The molecule has 1 aromatic heterocycles. The smallest absolute Gasteiger partial charge is 0.353 e. The minimum atomic E-state index is -1.09. The first-order valence-corrected chi connectivity index (χ1v) is 7.24. The summed E-state index contributed by atoms with van der Waals surface area (Å²) in [6.45, 7) is 0. The molecule has 3 heterocycles. The van der Waals surface area contributed by atoms with Gasteiger partial charge in [-0.3, -0.25) is 9.69 Å². The van der Waals surface area contributed by atoms with Crippen LogP contribution in [0, 0.1) is 0 Å². The number of amides is 1. The van der Waals surface area contributed by atoms with Crippen molar-refractivity contribution in [1.82, 2.24) is 25.1 Å². The van der Waals surface area contributed by atoms with E-state index in [0.717, 1.165) is 0 Å². The maximum absolute atomic E-state index is 11.6. The van der Waals surface area contributed by atoms with Crippen molar-refractivity contribution in [2.24, 2.45) is 7.05 Å². The van der Waals surface area contributed by atoms with Gasteiger partial charge < -0.3 is 5.11 Å². The number of fused-ring (bicyclic) bond motifs is 1. The van der Waals surface area contributed by atoms with Gasteiger partial charge in [-0.2, -0.15) is 0 Å². The maximum Gasteiger partial charge on any atom is 0.353 e. The third-order valence-corrected chi connectivity index (χ3v) is 5.33. The second kappa shape index (κ2) is 4.53. The minimum Gasteiger partial charge on any atom is -0.477 e. The summed E-state index contributed by atoms with van der Waals surface area (Å²) in [4.78, 5) is 24.9. The summed E-state index contributed by atoms with van der Waals surface area (Å²) in [5.74, 6) is -0.687. The molecule has 1 aromatic rings. The molecule has 100 valence electrons. The lowest BCUT2D eigenvalue weighted by Gasteiger charge is -2.43. The Bertz CT molecular complexity index is 598. The Balaban J connectivity index is 1.96. The van der Waals surface area contributed by atoms with Gasteiger partial charge in [-0.25, -0.2) is 9.48 Å². The van der Waals surface area contributed by atoms with E-state index < -0.39 is 5.97 Å². The highest BCUT2D eigenvalue weighted by molar-refractivity contribution is 8.06. The zero-order valence-corrected chi connectivity index (χ0v) is 11.4. The lowest BCUT2D eigenvalue weighted by molar-refractivity contribution is -0.146. The van der Waals surface area contributed by atoms with E-state index in [-0.39, 0.29) is 17.0 Å². The number of carboxylic acids is 1. The zero-order valence-electron chi connectivity index (χ0n) is 9.81. The molecule has 10 heteroatoms. The number of aryl methyl sites for hydroxylation is 1. The fourth-order valence-corrected chi connectivity index (χ4v) is 4.18. The number of tetrazole rings is 1. The van der Waals surface area contributed by atoms with Gasteiger partial charge in [0.05, 0.1) is 11.8 Å². The average Bonchev–Trinajstić information content (AvgIpc) is 2.75. The fourth-order valence-electron chi connectivity index (χ4n) is 1.88. The number of aromatic nitrogens is 4. The molecule has 1 saturated heterocycles. The molecule has 1 fully saturated rings. The molecule has 1 unspecified atom stereocenters. The Morgan fingerprint density at radius 3 is 2.95 bits per heavy atom. The van der Waals surface area contributed by atoms with E-state index in [1.807, 2.05) is 0 Å². The van der Waals surface area contributed by atoms with Crippen LogP contribution in [0.4, 0.5) is 0 Å². The third-order valence-electron chi connectivity index (χ3n) is 2.82. The first-order valence-electron chi connectivity index (χ1n) is 5.38. The highest BCUT2D eigenvalue weighted by Gasteiger charge is 2.45. The van der Waals surface area contributed by atoms with Crippen LogP contribution in [0.15, 0.2) is 15.8 Å². The van der Waals surface area contributed by atoms with E-state index in [9.17, 15) is 14.7 Å². The lowest BCUT2D eigenvalue weighted by Crippen LogP contribution is -2.53. The van der Waals surface area contributed by atoms with Gasteiger partial charge in [0.1, 0.15) is 5.70 Å². The van der Waals surface area contributed by atoms with E-state index in [1.54, 1.807) is 18.8 Å². The monoisotopic (exact) mass is 299 g/mol. The molecule has 2 aliphatic rings. The summed E-state index contributed by atoms with van der Waals surface area (Å²) < 4.78 is 1.46. The van der Waals surface area contributed by atoms with Crippen molar-refractivity contribution >= 4 is 35.4 Å². The predicted molar refractivity (Wildman–Crippen MR) is 67.0 cm³/mol. The topological polar surface area (TPSA) is 101 Å². The Morgan fingerprint density at radius 1 is 1.58 bits per heavy atom. The second-order valence-corrected chi connectivity index (χ2v) is 6.23. The van der Waals surface area contributed by atoms with Crippen LogP contribution in [-0.2, 0) is 16.6 Å². The van der Waals surface area contributed by atoms with Gasteiger partial charge >= 0.3 is 5.97 Å². The summed E-state index contributed by atoms with van der Waals surface area (Å²) in [7, 11) is 1.68. The van der Waals surface area contributed by atoms with Crippen LogP contribution in [0.1, 0.15) is 6.42 Å². The summed E-state index contributed by atoms with van der Waals surface area (Å²) >= 11 is 2.75. The van der Waals surface area contributed by atoms with Crippen LogP contribution in [0.25, 0.3) is 0 Å². The molecule has 0 bridgehead atoms. The number of thioether (sulfide) groups is 2. The fraction of sp³-hybridized carbons (Fsp3) is 0.444. The van der Waals surface area contributed by atoms with Gasteiger partial charge in [0.15, 0.2) is 0 Å². The van der Waals surface area contributed by atoms with Gasteiger partial charge in [-0.1, -0.05) is 0 Å². The molecule has 3 rings (SSSR count). The van der Waals surface area contributed by atoms with Crippen molar-refractivity contribution in [2.75, 3.05) is 5.75 Å². The quantitative estimate of drug-likeness (QED) is 0.772. The molecule has 0 radical (unpaired) electrons. The van der Waals surface area contributed by atoms with Crippen molar-refractivity contribution in [3.63, 3.8) is 0 Å². The summed E-state index contributed by atoms with van der Waals surface area (Å²) in [5, 5.41) is 20.8. The molecular formula is C9H9N5O3S2. The minimum absolute atomic E-state index is 0.0411. The predicted octanol–water partition coefficient (Wildman–Crippen LogP) is -0.0964. The number of β-lactam (4-membered cyclic amide) rings is 1. The molecule has 1 atom stereocenters. The van der Waals surface area contributed by atoms with Crippen molar-refractivity contribution in [3.8, 4) is 0 Å². The summed E-state index contributed by atoms with van der Waals surface area (Å²) in [6.07, 6.45) is 0.408. The number of rotatable bonds is 3. The van der Waals surface area contributed by atoms with Gasteiger partial charge in [0, 0.05) is 17.7 Å². The number of carboxylic acid groups (broad SMARTS) is 1. The number of carbonyl (C=O) groups is 2. The van der Waals surface area contributed by atoms with E-state index in [4.69, 9.17) is 0 Å². The standard InChI is InChI=1S/C9H9N5O3S2/c1-13-9(10-11-12-13)19-4-3-18-6-2-5(15)14(6)7(4)8(16)17/h6H,2-3H2,1H3,(H,16,17). The second-order valence-electron chi connectivity index (χ2n) is 4.00. The van der Waals surface area contributed by atoms with Crippen molar-refractivity contribution < 1.29 is 14.7 Å². The SMILES string of the molecule is Cn1nnnc1SC1=C(C(=O)O)N2C(=O)CC2SC1. The van der Waals surface area contributed by atoms with Crippen LogP contribution in [0.3, 0.4) is 0 Å². The zero-order chi connectivity index (χ0) is 13.6. The first kappa shape index (κ1) is 12.5. The Kier molecular flexibility index (Phi) is 2.97. The molecule has 0 aliphatic carbocycles. The summed E-state index contributed by atoms with van der Waals surface area (Å²) in [5.41, 5.74) is 0.0630. The third kappa shape index (κ3) is 2.00. The molecule has 8 nitrogen and oxygen atoms in total. The molecule has 1 N–H and O–H groups in total. The number of hydrogen-bond donors (Lipinski definition) is 1. The molecule has 0 aromatic carbocycles. The highest BCUT2D eigenvalue weighted by atomic mass is 32.2. The Morgan fingerprint density at radius 2 is 2.37 bits per heavy atom. The van der Waals surface area contributed by atoms with E-state index in [2.05, 4.69) is 15.5 Å². The molecule has 19 heavy (non-hydrogen) atoms. The number of carbonyl (C=O) groups excluding carboxylic acids is 1.